The Morgan fingerprint density at radius 2 is 1.95 bits per heavy atom. The third-order valence-electron chi connectivity index (χ3n) is 3.30. The maximum absolute atomic E-state index is 12.5. The van der Waals surface area contributed by atoms with Crippen LogP contribution >= 0.6 is 0 Å². The number of ketones is 1. The summed E-state index contributed by atoms with van der Waals surface area (Å²) in [5.41, 5.74) is 4.61. The molecule has 0 atom stereocenters. The minimum Gasteiger partial charge on any atom is -0.291 e. The van der Waals surface area contributed by atoms with Crippen molar-refractivity contribution in [3.63, 3.8) is 0 Å². The third kappa shape index (κ3) is 3.42. The van der Waals surface area contributed by atoms with E-state index in [0.717, 1.165) is 12.8 Å². The molecule has 1 aromatic rings. The zero-order valence-corrected chi connectivity index (χ0v) is 11.9. The van der Waals surface area contributed by atoms with Gasteiger partial charge in [-0.05, 0) is 31.3 Å². The SMILES string of the molecule is CC(C)(C)C(=O)C(=C=C1CCCCC1)n1cncn1. The molecule has 19 heavy (non-hydrogen) atoms. The second kappa shape index (κ2) is 5.54. The number of rotatable bonds is 2. The molecule has 1 fully saturated rings. The number of hydrogen-bond acceptors (Lipinski definition) is 3. The number of Topliss-reactive ketones (excluding diaryl/α,β-unsaturated/α-hetero) is 1. The van der Waals surface area contributed by atoms with Gasteiger partial charge >= 0.3 is 0 Å². The molecule has 102 valence electrons. The van der Waals surface area contributed by atoms with E-state index in [1.165, 1.54) is 35.8 Å². The van der Waals surface area contributed by atoms with Crippen LogP contribution < -0.4 is 0 Å². The topological polar surface area (TPSA) is 47.8 Å². The Kier molecular flexibility index (Phi) is 4.01. The number of carbonyl (C=O) groups excluding carboxylic acids is 1. The molecule has 1 saturated carbocycles. The molecule has 0 saturated heterocycles. The third-order valence-corrected chi connectivity index (χ3v) is 3.30. The highest BCUT2D eigenvalue weighted by atomic mass is 16.1. The Hall–Kier alpha value is -1.67. The van der Waals surface area contributed by atoms with Crippen molar-refractivity contribution in [2.45, 2.75) is 52.9 Å². The molecule has 0 amide bonds. The van der Waals surface area contributed by atoms with Crippen LogP contribution in [0.15, 0.2) is 24.0 Å². The van der Waals surface area contributed by atoms with Crippen molar-refractivity contribution in [1.29, 1.82) is 0 Å². The van der Waals surface area contributed by atoms with Crippen LogP contribution in [0.3, 0.4) is 0 Å². The first-order valence-electron chi connectivity index (χ1n) is 6.87. The predicted molar refractivity (Wildman–Crippen MR) is 74.3 cm³/mol. The summed E-state index contributed by atoms with van der Waals surface area (Å²) in [6, 6.07) is 0. The second-order valence-electron chi connectivity index (χ2n) is 6.06. The van der Waals surface area contributed by atoms with Gasteiger partial charge in [-0.15, -0.1) is 0 Å². The van der Waals surface area contributed by atoms with Crippen LogP contribution in [0.25, 0.3) is 5.70 Å². The van der Waals surface area contributed by atoms with Gasteiger partial charge in [0.2, 0.25) is 0 Å². The quantitative estimate of drug-likeness (QED) is 0.605. The first-order chi connectivity index (χ1) is 8.98. The largest absolute Gasteiger partial charge is 0.291 e. The van der Waals surface area contributed by atoms with Gasteiger partial charge in [-0.1, -0.05) is 32.9 Å². The van der Waals surface area contributed by atoms with Gasteiger partial charge in [0.15, 0.2) is 11.5 Å². The molecule has 0 N–H and O–H groups in total. The van der Waals surface area contributed by atoms with E-state index in [1.807, 2.05) is 20.8 Å². The molecule has 1 aliphatic carbocycles. The maximum Gasteiger partial charge on any atom is 0.194 e. The molecule has 0 spiro atoms. The Morgan fingerprint density at radius 1 is 1.26 bits per heavy atom. The molecule has 1 aliphatic rings. The van der Waals surface area contributed by atoms with Crippen molar-refractivity contribution >= 4 is 11.5 Å². The average molecular weight is 259 g/mol. The lowest BCUT2D eigenvalue weighted by atomic mass is 9.88. The molecular formula is C15H21N3O. The highest BCUT2D eigenvalue weighted by Crippen LogP contribution is 2.25. The van der Waals surface area contributed by atoms with Crippen LogP contribution in [-0.2, 0) is 4.79 Å². The van der Waals surface area contributed by atoms with Gasteiger partial charge in [0.25, 0.3) is 0 Å². The average Bonchev–Trinajstić information content (AvgIpc) is 2.89. The summed E-state index contributed by atoms with van der Waals surface area (Å²) >= 11 is 0. The van der Waals surface area contributed by atoms with Crippen molar-refractivity contribution in [2.75, 3.05) is 0 Å². The van der Waals surface area contributed by atoms with E-state index in [0.29, 0.717) is 5.70 Å². The lowest BCUT2D eigenvalue weighted by molar-refractivity contribution is -0.120. The molecule has 1 aromatic heterocycles. The van der Waals surface area contributed by atoms with Gasteiger partial charge in [0, 0.05) is 5.41 Å². The minimum atomic E-state index is -0.441. The van der Waals surface area contributed by atoms with Crippen molar-refractivity contribution in [1.82, 2.24) is 14.8 Å². The van der Waals surface area contributed by atoms with Crippen LogP contribution in [0.1, 0.15) is 52.9 Å². The number of carbonyl (C=O) groups is 1. The summed E-state index contributed by atoms with van der Waals surface area (Å²) in [6.07, 6.45) is 8.74. The molecule has 0 aliphatic heterocycles. The standard InChI is InChI=1S/C15H21N3O/c1-15(2,3)14(19)13(18-11-16-10-17-18)9-12-7-5-4-6-8-12/h10-11H,4-8H2,1-3H3. The zero-order valence-electron chi connectivity index (χ0n) is 11.9. The van der Waals surface area contributed by atoms with Crippen molar-refractivity contribution in [2.24, 2.45) is 5.41 Å². The fourth-order valence-corrected chi connectivity index (χ4v) is 2.17. The first kappa shape index (κ1) is 13.8. The fraction of sp³-hybridized carbons (Fsp3) is 0.600. The summed E-state index contributed by atoms with van der Waals surface area (Å²) in [6.45, 7) is 5.75. The number of hydrogen-bond donors (Lipinski definition) is 0. The lowest BCUT2D eigenvalue weighted by Crippen LogP contribution is -2.24. The van der Waals surface area contributed by atoms with Crippen LogP contribution in [0, 0.1) is 5.41 Å². The summed E-state index contributed by atoms with van der Waals surface area (Å²) in [5, 5.41) is 4.09. The molecule has 4 nitrogen and oxygen atoms in total. The van der Waals surface area contributed by atoms with Crippen LogP contribution in [0.2, 0.25) is 0 Å². The van der Waals surface area contributed by atoms with Crippen LogP contribution in [0.4, 0.5) is 0 Å². The Labute approximate surface area is 114 Å². The number of nitrogens with zero attached hydrogens (tertiary/aromatic N) is 3. The fourth-order valence-electron chi connectivity index (χ4n) is 2.17. The van der Waals surface area contributed by atoms with Crippen LogP contribution in [0.5, 0.6) is 0 Å². The normalized spacial score (nSPS) is 16.1. The van der Waals surface area contributed by atoms with E-state index < -0.39 is 5.41 Å². The molecule has 0 radical (unpaired) electrons. The molecule has 0 unspecified atom stereocenters. The van der Waals surface area contributed by atoms with E-state index in [-0.39, 0.29) is 5.78 Å². The van der Waals surface area contributed by atoms with Gasteiger partial charge in [0.1, 0.15) is 12.7 Å². The smallest absolute Gasteiger partial charge is 0.194 e. The van der Waals surface area contributed by atoms with Gasteiger partial charge in [0.05, 0.1) is 0 Å². The summed E-state index contributed by atoms with van der Waals surface area (Å²) < 4.78 is 1.54. The molecule has 0 bridgehead atoms. The highest BCUT2D eigenvalue weighted by molar-refractivity contribution is 6.17. The van der Waals surface area contributed by atoms with Crippen molar-refractivity contribution in [3.8, 4) is 0 Å². The van der Waals surface area contributed by atoms with E-state index in [1.54, 1.807) is 6.33 Å². The molecule has 4 heteroatoms. The summed E-state index contributed by atoms with van der Waals surface area (Å²) in [5.74, 6) is 0.0519. The second-order valence-corrected chi connectivity index (χ2v) is 6.06. The predicted octanol–water partition coefficient (Wildman–Crippen LogP) is 3.22. The van der Waals surface area contributed by atoms with E-state index >= 15 is 0 Å². The number of aromatic nitrogens is 3. The molecule has 2 rings (SSSR count). The Morgan fingerprint density at radius 3 is 2.47 bits per heavy atom. The van der Waals surface area contributed by atoms with E-state index in [2.05, 4.69) is 15.8 Å². The molecular weight excluding hydrogens is 238 g/mol. The first-order valence-corrected chi connectivity index (χ1v) is 6.87. The highest BCUT2D eigenvalue weighted by Gasteiger charge is 2.27. The van der Waals surface area contributed by atoms with Crippen LogP contribution in [-0.4, -0.2) is 20.5 Å². The Balaban J connectivity index is 2.46. The Bertz CT molecular complexity index is 506. The maximum atomic E-state index is 12.5. The molecule has 1 heterocycles. The summed E-state index contributed by atoms with van der Waals surface area (Å²) in [7, 11) is 0. The van der Waals surface area contributed by atoms with Gasteiger partial charge in [-0.3, -0.25) is 4.79 Å². The van der Waals surface area contributed by atoms with E-state index in [9.17, 15) is 4.79 Å². The van der Waals surface area contributed by atoms with Crippen molar-refractivity contribution in [3.05, 3.63) is 24.0 Å². The lowest BCUT2D eigenvalue weighted by Gasteiger charge is -2.18. The monoisotopic (exact) mass is 259 g/mol. The van der Waals surface area contributed by atoms with E-state index in [4.69, 9.17) is 0 Å². The van der Waals surface area contributed by atoms with Crippen molar-refractivity contribution < 1.29 is 4.79 Å². The van der Waals surface area contributed by atoms with Gasteiger partial charge < -0.3 is 0 Å². The minimum absolute atomic E-state index is 0.0519. The molecule has 0 aromatic carbocycles. The van der Waals surface area contributed by atoms with Gasteiger partial charge in [-0.25, -0.2) is 9.67 Å². The van der Waals surface area contributed by atoms with Gasteiger partial charge in [-0.2, -0.15) is 5.10 Å². The number of allylic oxidation sites excluding steroid dienone is 1. The summed E-state index contributed by atoms with van der Waals surface area (Å²) in [4.78, 5) is 16.5. The zero-order chi connectivity index (χ0) is 13.9.